The first-order valence-electron chi connectivity index (χ1n) is 16.6. The number of hydrogen-bond donors (Lipinski definition) is 2. The Morgan fingerprint density at radius 2 is 1.68 bits per heavy atom. The summed E-state index contributed by atoms with van der Waals surface area (Å²) in [5.41, 5.74) is 5.16. The highest BCUT2D eigenvalue weighted by Crippen LogP contribution is 2.35. The van der Waals surface area contributed by atoms with Gasteiger partial charge in [0, 0.05) is 41.5 Å². The summed E-state index contributed by atoms with van der Waals surface area (Å²) < 4.78 is 14.3. The molecule has 252 valence electrons. The van der Waals surface area contributed by atoms with E-state index in [1.807, 2.05) is 61.7 Å². The molecule has 1 saturated heterocycles. The number of rotatable bonds is 2. The van der Waals surface area contributed by atoms with Crippen molar-refractivity contribution in [3.05, 3.63) is 78.0 Å². The highest BCUT2D eigenvalue weighted by Gasteiger charge is 2.33. The van der Waals surface area contributed by atoms with Gasteiger partial charge in [0.2, 0.25) is 0 Å². The molecule has 3 aliphatic rings. The molecular weight excluding hydrogens is 592 g/mol. The smallest absolute Gasteiger partial charge is 0.308 e. The highest BCUT2D eigenvalue weighted by atomic mass is 16.5. The molecule has 0 aliphatic carbocycles. The van der Waals surface area contributed by atoms with Gasteiger partial charge in [0.1, 0.15) is 11.6 Å². The second-order valence-electron chi connectivity index (χ2n) is 13.0. The average Bonchev–Trinajstić information content (AvgIpc) is 3.45. The number of carboxylic acids is 1. The van der Waals surface area contributed by atoms with Gasteiger partial charge in [-0.1, -0.05) is 62.4 Å². The van der Waals surface area contributed by atoms with Crippen LogP contribution in [-0.2, 0) is 16.0 Å². The van der Waals surface area contributed by atoms with E-state index in [4.69, 9.17) is 24.7 Å². The Kier molecular flexibility index (Phi) is 11.8. The van der Waals surface area contributed by atoms with Crippen molar-refractivity contribution in [3.8, 4) is 28.1 Å². The van der Waals surface area contributed by atoms with Crippen LogP contribution in [0.25, 0.3) is 28.0 Å². The van der Waals surface area contributed by atoms with E-state index >= 15 is 0 Å². The Balaban J connectivity index is 0.000000655. The number of anilines is 1. The molecule has 0 saturated carbocycles. The lowest BCUT2D eigenvalue weighted by Gasteiger charge is -2.40. The molecule has 7 rings (SSSR count). The maximum atomic E-state index is 11.9. The number of carbonyl (C=O) groups is 1. The summed E-state index contributed by atoms with van der Waals surface area (Å²) >= 11 is 0. The van der Waals surface area contributed by atoms with Gasteiger partial charge in [-0.05, 0) is 71.6 Å². The molecule has 4 aromatic rings. The van der Waals surface area contributed by atoms with E-state index in [0.717, 1.165) is 66.3 Å². The molecule has 0 atom stereocenters. The molecule has 0 spiro atoms. The van der Waals surface area contributed by atoms with Crippen LogP contribution in [0.3, 0.4) is 0 Å². The van der Waals surface area contributed by atoms with Crippen molar-refractivity contribution in [3.63, 3.8) is 0 Å². The van der Waals surface area contributed by atoms with Gasteiger partial charge in [0.25, 0.3) is 0 Å². The molecule has 3 aliphatic heterocycles. The second kappa shape index (κ2) is 15.6. The van der Waals surface area contributed by atoms with Crippen LogP contribution >= 0.6 is 0 Å². The van der Waals surface area contributed by atoms with Crippen LogP contribution in [0, 0.1) is 6.92 Å². The van der Waals surface area contributed by atoms with Gasteiger partial charge in [-0.2, -0.15) is 9.61 Å². The summed E-state index contributed by atoms with van der Waals surface area (Å²) in [7, 11) is 0. The fraction of sp³-hybridized carbons (Fsp3) is 0.447. The minimum Gasteiger partial charge on any atom is -0.493 e. The Morgan fingerprint density at radius 3 is 2.38 bits per heavy atom. The molecule has 47 heavy (non-hydrogen) atoms. The summed E-state index contributed by atoms with van der Waals surface area (Å²) in [4.78, 5) is 18.9. The van der Waals surface area contributed by atoms with Crippen LogP contribution < -0.4 is 9.64 Å². The predicted molar refractivity (Wildman–Crippen MR) is 188 cm³/mol. The van der Waals surface area contributed by atoms with Crippen LogP contribution in [0.2, 0.25) is 0 Å². The summed E-state index contributed by atoms with van der Waals surface area (Å²) in [5, 5.41) is 23.3. The second-order valence-corrected chi connectivity index (χ2v) is 13.0. The average molecular weight is 643 g/mol. The van der Waals surface area contributed by atoms with E-state index in [2.05, 4.69) is 42.2 Å². The predicted octanol–water partition coefficient (Wildman–Crippen LogP) is 7.52. The van der Waals surface area contributed by atoms with Gasteiger partial charge in [-0.15, -0.1) is 0 Å². The first-order valence-corrected chi connectivity index (χ1v) is 16.6. The van der Waals surface area contributed by atoms with Crippen molar-refractivity contribution in [2.45, 2.75) is 85.4 Å². The van der Waals surface area contributed by atoms with E-state index in [1.54, 1.807) is 20.8 Å². The molecule has 9 nitrogen and oxygen atoms in total. The summed E-state index contributed by atoms with van der Waals surface area (Å²) in [5.74, 6) is 0.761. The maximum Gasteiger partial charge on any atom is 0.308 e. The van der Waals surface area contributed by atoms with Gasteiger partial charge in [0.15, 0.2) is 5.65 Å². The lowest BCUT2D eigenvalue weighted by molar-refractivity contribution is -0.136. The topological polar surface area (TPSA) is 109 Å². The van der Waals surface area contributed by atoms with E-state index in [1.165, 1.54) is 0 Å². The highest BCUT2D eigenvalue weighted by molar-refractivity contribution is 5.78. The Labute approximate surface area is 278 Å². The third-order valence-electron chi connectivity index (χ3n) is 7.92. The number of para-hydroxylation sites is 1. The van der Waals surface area contributed by atoms with E-state index < -0.39 is 11.6 Å². The zero-order valence-electron chi connectivity index (χ0n) is 28.9. The molecule has 0 amide bonds. The van der Waals surface area contributed by atoms with Gasteiger partial charge in [-0.25, -0.2) is 4.98 Å². The molecule has 6 bridgehead atoms. The minimum atomic E-state index is -0.884. The molecular formula is C38H50N4O5. The van der Waals surface area contributed by atoms with Crippen LogP contribution in [0.15, 0.2) is 66.7 Å². The minimum absolute atomic E-state index is 0.110. The number of hydrogen-bond acceptors (Lipinski definition) is 7. The fourth-order valence-electron chi connectivity index (χ4n) is 5.64. The van der Waals surface area contributed by atoms with Crippen LogP contribution in [0.4, 0.5) is 5.82 Å². The largest absolute Gasteiger partial charge is 0.493 e. The standard InChI is InChI=1S/C32H34N4O4.C4H10O.C2H6/c1-22-26(20-30(37)38)31-35-15-13-32(2,14-16-35)40-18-7-3-6-17-39-28-12-5-4-11-25(28)23-9-8-10-24(19-23)27-21-29(33-22)36(31)34-27;1-4(2,3)5;1-2/h3-5,7-12,19,21H,6,13-18,20H2,1-2H3,(H,37,38);5H,1-3H3;1-2H3/b7-3-;;. The number of aliphatic carboxylic acids is 1. The van der Waals surface area contributed by atoms with Gasteiger partial charge < -0.3 is 24.6 Å². The first kappa shape index (κ1) is 35.6. The molecule has 0 radical (unpaired) electrons. The molecule has 1 fully saturated rings. The van der Waals surface area contributed by atoms with Crippen molar-refractivity contribution < 1.29 is 24.5 Å². The molecule has 2 N–H and O–H groups in total. The number of carboxylic acid groups (broad SMARTS) is 1. The number of piperidine rings is 1. The van der Waals surface area contributed by atoms with Crippen molar-refractivity contribution >= 4 is 17.4 Å². The lowest BCUT2D eigenvalue weighted by Crippen LogP contribution is -2.45. The van der Waals surface area contributed by atoms with Crippen LogP contribution in [0.5, 0.6) is 5.75 Å². The van der Waals surface area contributed by atoms with Crippen molar-refractivity contribution in [2.75, 3.05) is 31.2 Å². The van der Waals surface area contributed by atoms with E-state index in [0.29, 0.717) is 30.1 Å². The number of ether oxygens (including phenoxy) is 2. The third-order valence-corrected chi connectivity index (χ3v) is 7.92. The van der Waals surface area contributed by atoms with E-state index in [-0.39, 0.29) is 12.0 Å². The molecule has 2 aromatic carbocycles. The monoisotopic (exact) mass is 642 g/mol. The Bertz CT molecular complexity index is 1670. The number of benzene rings is 2. The third kappa shape index (κ3) is 9.42. The van der Waals surface area contributed by atoms with Crippen molar-refractivity contribution in [1.29, 1.82) is 0 Å². The fourth-order valence-corrected chi connectivity index (χ4v) is 5.64. The van der Waals surface area contributed by atoms with Crippen LogP contribution in [-0.4, -0.2) is 68.3 Å². The normalized spacial score (nSPS) is 16.6. The SMILES string of the molecule is CC.CC(C)(C)O.Cc1nc2cc3nn2c(c1CC(=O)O)N1CCC(C)(CC1)OC/C=C\CCOc1ccccc1-c1cccc-3c1. The van der Waals surface area contributed by atoms with Crippen molar-refractivity contribution in [1.82, 2.24) is 14.6 Å². The van der Waals surface area contributed by atoms with E-state index in [9.17, 15) is 9.90 Å². The summed E-state index contributed by atoms with van der Waals surface area (Å²) in [6, 6.07) is 18.3. The number of fused-ring (bicyclic) bond motifs is 7. The van der Waals surface area contributed by atoms with Gasteiger partial charge >= 0.3 is 5.97 Å². The summed E-state index contributed by atoms with van der Waals surface area (Å²) in [6.45, 7) is 15.9. The Hall–Kier alpha value is -4.21. The number of aromatic nitrogens is 3. The number of aryl methyl sites for hydroxylation is 1. The molecule has 0 unspecified atom stereocenters. The number of nitrogens with zero attached hydrogens (tertiary/aromatic N) is 4. The lowest BCUT2D eigenvalue weighted by atomic mass is 9.93. The molecule has 9 heteroatoms. The Morgan fingerprint density at radius 1 is 1.00 bits per heavy atom. The quantitative estimate of drug-likeness (QED) is 0.216. The maximum absolute atomic E-state index is 11.9. The van der Waals surface area contributed by atoms with Crippen molar-refractivity contribution in [2.24, 2.45) is 0 Å². The molecule has 2 aromatic heterocycles. The van der Waals surface area contributed by atoms with Crippen LogP contribution in [0.1, 0.15) is 72.1 Å². The zero-order valence-corrected chi connectivity index (χ0v) is 28.9. The van der Waals surface area contributed by atoms with Gasteiger partial charge in [-0.3, -0.25) is 4.79 Å². The summed E-state index contributed by atoms with van der Waals surface area (Å²) in [6.07, 6.45) is 6.52. The molecule has 5 heterocycles. The number of aliphatic hydroxyl groups is 1. The van der Waals surface area contributed by atoms with Gasteiger partial charge in [0.05, 0.1) is 36.5 Å². The zero-order chi connectivity index (χ0) is 34.2. The first-order chi connectivity index (χ1) is 22.4.